The minimum absolute atomic E-state index is 0. The predicted octanol–water partition coefficient (Wildman–Crippen LogP) is 6.51. The summed E-state index contributed by atoms with van der Waals surface area (Å²) in [5.74, 6) is 0.643. The Kier molecular flexibility index (Phi) is 6.10. The van der Waals surface area contributed by atoms with Gasteiger partial charge in [0.05, 0.1) is 23.5 Å². The van der Waals surface area contributed by atoms with Gasteiger partial charge >= 0.3 is 0 Å². The first-order chi connectivity index (χ1) is 12.5. The number of hydrogen-bond acceptors (Lipinski definition) is 5. The first-order valence-electron chi connectivity index (χ1n) is 7.76. The molecule has 0 fully saturated rings. The van der Waals surface area contributed by atoms with Crippen molar-refractivity contribution in [3.05, 3.63) is 57.1 Å². The summed E-state index contributed by atoms with van der Waals surface area (Å²) in [7, 11) is 1.60. The van der Waals surface area contributed by atoms with Crippen LogP contribution >= 0.6 is 55.8 Å². The number of halogens is 3. The van der Waals surface area contributed by atoms with Crippen molar-refractivity contribution in [3.8, 4) is 17.1 Å². The van der Waals surface area contributed by atoms with Gasteiger partial charge in [-0.2, -0.15) is 0 Å². The molecule has 9 heteroatoms. The van der Waals surface area contributed by atoms with Crippen molar-refractivity contribution in [2.24, 2.45) is 0 Å². The molecule has 4 aromatic rings. The van der Waals surface area contributed by atoms with E-state index in [1.54, 1.807) is 7.11 Å². The standard InChI is InChI=1S/C18H14BrClN4OS.BrH/c1-10-17(24-8-11(19)3-6-16(24)21-10)14-9-26-18(23-14)22-12-4-5-15(25-2)13(20)7-12;/h3-9H,1-2H3,(H,22,23);1H. The van der Waals surface area contributed by atoms with Crippen LogP contribution < -0.4 is 10.1 Å². The lowest BCUT2D eigenvalue weighted by Crippen LogP contribution is -1.93. The van der Waals surface area contributed by atoms with Crippen LogP contribution in [0.5, 0.6) is 5.75 Å². The summed E-state index contributed by atoms with van der Waals surface area (Å²) >= 11 is 11.2. The highest BCUT2D eigenvalue weighted by molar-refractivity contribution is 9.10. The predicted molar refractivity (Wildman–Crippen MR) is 120 cm³/mol. The van der Waals surface area contributed by atoms with Crippen molar-refractivity contribution in [2.45, 2.75) is 6.92 Å². The summed E-state index contributed by atoms with van der Waals surface area (Å²) in [5, 5.41) is 6.64. The number of imidazole rings is 1. The van der Waals surface area contributed by atoms with Gasteiger partial charge in [-0.3, -0.25) is 4.40 Å². The molecular formula is C18H15Br2ClN4OS. The number of rotatable bonds is 4. The van der Waals surface area contributed by atoms with Crippen LogP contribution in [0.3, 0.4) is 0 Å². The Balaban J connectivity index is 0.00000210. The third-order valence-corrected chi connectivity index (χ3v) is 5.43. The third kappa shape index (κ3) is 3.99. The number of thiazole rings is 1. The van der Waals surface area contributed by atoms with Crippen LogP contribution in [0.25, 0.3) is 17.0 Å². The van der Waals surface area contributed by atoms with Gasteiger partial charge in [0.15, 0.2) is 5.13 Å². The molecule has 0 spiro atoms. The Hall–Kier alpha value is -1.61. The van der Waals surface area contributed by atoms with Gasteiger partial charge in [-0.15, -0.1) is 28.3 Å². The molecule has 0 atom stereocenters. The zero-order valence-electron chi connectivity index (χ0n) is 14.4. The van der Waals surface area contributed by atoms with Crippen molar-refractivity contribution < 1.29 is 4.74 Å². The summed E-state index contributed by atoms with van der Waals surface area (Å²) in [6.07, 6.45) is 2.00. The molecule has 3 heterocycles. The zero-order valence-corrected chi connectivity index (χ0v) is 19.2. The molecule has 4 rings (SSSR count). The molecule has 0 radical (unpaired) electrons. The van der Waals surface area contributed by atoms with Gasteiger partial charge < -0.3 is 10.1 Å². The molecule has 0 amide bonds. The quantitative estimate of drug-likeness (QED) is 0.327. The Morgan fingerprint density at radius 3 is 2.78 bits per heavy atom. The third-order valence-electron chi connectivity index (χ3n) is 3.91. The maximum Gasteiger partial charge on any atom is 0.187 e. The van der Waals surface area contributed by atoms with Crippen LogP contribution in [0.4, 0.5) is 10.8 Å². The molecule has 0 saturated carbocycles. The topological polar surface area (TPSA) is 51.5 Å². The fraction of sp³-hybridized carbons (Fsp3) is 0.111. The van der Waals surface area contributed by atoms with E-state index in [9.17, 15) is 0 Å². The van der Waals surface area contributed by atoms with E-state index >= 15 is 0 Å². The monoisotopic (exact) mass is 528 g/mol. The fourth-order valence-corrected chi connectivity index (χ4v) is 4.06. The molecule has 0 aliphatic rings. The van der Waals surface area contributed by atoms with Crippen LogP contribution in [0.2, 0.25) is 5.02 Å². The lowest BCUT2D eigenvalue weighted by atomic mass is 10.3. The fourth-order valence-electron chi connectivity index (χ4n) is 2.75. The summed E-state index contributed by atoms with van der Waals surface area (Å²) in [5.41, 5.74) is 4.55. The Bertz CT molecular complexity index is 1110. The molecule has 1 aromatic carbocycles. The first-order valence-corrected chi connectivity index (χ1v) is 9.81. The number of pyridine rings is 1. The Morgan fingerprint density at radius 1 is 1.22 bits per heavy atom. The lowest BCUT2D eigenvalue weighted by molar-refractivity contribution is 0.415. The van der Waals surface area contributed by atoms with E-state index in [1.165, 1.54) is 11.3 Å². The molecule has 0 saturated heterocycles. The van der Waals surface area contributed by atoms with Gasteiger partial charge in [0, 0.05) is 21.7 Å². The van der Waals surface area contributed by atoms with Crippen molar-refractivity contribution in [1.29, 1.82) is 0 Å². The van der Waals surface area contributed by atoms with Crippen LogP contribution in [0.1, 0.15) is 5.69 Å². The van der Waals surface area contributed by atoms with Crippen LogP contribution in [0, 0.1) is 6.92 Å². The maximum atomic E-state index is 6.19. The average Bonchev–Trinajstić information content (AvgIpc) is 3.18. The van der Waals surface area contributed by atoms with Crippen molar-refractivity contribution in [3.63, 3.8) is 0 Å². The van der Waals surface area contributed by atoms with Crippen LogP contribution in [0.15, 0.2) is 46.4 Å². The van der Waals surface area contributed by atoms with E-state index in [0.717, 1.165) is 38.0 Å². The number of nitrogens with one attached hydrogen (secondary N) is 1. The minimum Gasteiger partial charge on any atom is -0.495 e. The number of aryl methyl sites for hydroxylation is 1. The lowest BCUT2D eigenvalue weighted by Gasteiger charge is -2.06. The second kappa shape index (κ2) is 8.18. The average molecular weight is 531 g/mol. The van der Waals surface area contributed by atoms with Gasteiger partial charge in [-0.05, 0) is 53.2 Å². The molecule has 0 unspecified atom stereocenters. The van der Waals surface area contributed by atoms with Gasteiger partial charge in [-0.1, -0.05) is 11.6 Å². The normalized spacial score (nSPS) is 10.7. The van der Waals surface area contributed by atoms with Crippen LogP contribution in [-0.2, 0) is 0 Å². The molecule has 0 aliphatic heterocycles. The van der Waals surface area contributed by atoms with Gasteiger partial charge in [0.25, 0.3) is 0 Å². The second-order valence-corrected chi connectivity index (χ2v) is 7.81. The van der Waals surface area contributed by atoms with Crippen molar-refractivity contribution in [1.82, 2.24) is 14.4 Å². The van der Waals surface area contributed by atoms with E-state index in [1.807, 2.05) is 53.2 Å². The van der Waals surface area contributed by atoms with Gasteiger partial charge in [-0.25, -0.2) is 9.97 Å². The number of ether oxygens (including phenoxy) is 1. The van der Waals surface area contributed by atoms with Crippen LogP contribution in [-0.4, -0.2) is 21.5 Å². The Labute approximate surface area is 184 Å². The molecule has 140 valence electrons. The first kappa shape index (κ1) is 20.1. The van der Waals surface area contributed by atoms with E-state index in [4.69, 9.17) is 21.3 Å². The number of anilines is 2. The number of methoxy groups -OCH3 is 1. The second-order valence-electron chi connectivity index (χ2n) is 5.63. The molecule has 3 aromatic heterocycles. The molecule has 0 aliphatic carbocycles. The van der Waals surface area contributed by atoms with Gasteiger partial charge in [0.1, 0.15) is 17.1 Å². The van der Waals surface area contributed by atoms with Crippen molar-refractivity contribution >= 4 is 72.3 Å². The highest BCUT2D eigenvalue weighted by atomic mass is 79.9. The summed E-state index contributed by atoms with van der Waals surface area (Å²) in [4.78, 5) is 9.33. The molecule has 5 nitrogen and oxygen atoms in total. The highest BCUT2D eigenvalue weighted by Gasteiger charge is 2.15. The number of aromatic nitrogens is 3. The SMILES string of the molecule is Br.COc1ccc(Nc2nc(-c3c(C)nc4ccc(Br)cn34)cs2)cc1Cl. The summed E-state index contributed by atoms with van der Waals surface area (Å²) < 4.78 is 8.22. The van der Waals surface area contributed by atoms with E-state index < -0.39 is 0 Å². The zero-order chi connectivity index (χ0) is 18.3. The number of fused-ring (bicyclic) bond motifs is 1. The van der Waals surface area contributed by atoms with E-state index in [0.29, 0.717) is 10.8 Å². The summed E-state index contributed by atoms with van der Waals surface area (Å²) in [6.45, 7) is 1.99. The van der Waals surface area contributed by atoms with Crippen molar-refractivity contribution in [2.75, 3.05) is 12.4 Å². The maximum absolute atomic E-state index is 6.19. The number of benzene rings is 1. The Morgan fingerprint density at radius 2 is 2.04 bits per heavy atom. The molecule has 1 N–H and O–H groups in total. The van der Waals surface area contributed by atoms with E-state index in [2.05, 4.69) is 26.2 Å². The van der Waals surface area contributed by atoms with Gasteiger partial charge in [0.2, 0.25) is 0 Å². The minimum atomic E-state index is 0. The smallest absolute Gasteiger partial charge is 0.187 e. The highest BCUT2D eigenvalue weighted by Crippen LogP contribution is 2.32. The molecular weight excluding hydrogens is 516 g/mol. The molecule has 0 bridgehead atoms. The van der Waals surface area contributed by atoms with E-state index in [-0.39, 0.29) is 17.0 Å². The number of hydrogen-bond donors (Lipinski definition) is 1. The summed E-state index contributed by atoms with van der Waals surface area (Å²) in [6, 6.07) is 9.50. The largest absolute Gasteiger partial charge is 0.495 e. The number of nitrogens with zero attached hydrogens (tertiary/aromatic N) is 3. The molecule has 27 heavy (non-hydrogen) atoms.